The van der Waals surface area contributed by atoms with Gasteiger partial charge in [0.25, 0.3) is 0 Å². The van der Waals surface area contributed by atoms with Crippen molar-refractivity contribution in [2.24, 2.45) is 11.7 Å². The fraction of sp³-hybridized carbons (Fsp3) is 0.529. The third-order valence-electron chi connectivity index (χ3n) is 4.23. The molecule has 120 valence electrons. The molecule has 1 fully saturated rings. The molecule has 0 spiro atoms. The Balaban J connectivity index is 1.86. The molecule has 1 aromatic rings. The van der Waals surface area contributed by atoms with Gasteiger partial charge in [-0.15, -0.1) is 0 Å². The quantitative estimate of drug-likeness (QED) is 0.829. The van der Waals surface area contributed by atoms with Gasteiger partial charge in [-0.3, -0.25) is 9.59 Å². The number of likely N-dealkylation sites (tertiary alicyclic amines) is 1. The molecule has 0 saturated carbocycles. The van der Waals surface area contributed by atoms with Gasteiger partial charge in [0.15, 0.2) is 0 Å². The van der Waals surface area contributed by atoms with Crippen LogP contribution in [0.1, 0.15) is 36.8 Å². The van der Waals surface area contributed by atoms with Crippen LogP contribution in [0.3, 0.4) is 0 Å². The minimum absolute atomic E-state index is 0.0158. The van der Waals surface area contributed by atoms with Crippen LogP contribution in [0.2, 0.25) is 0 Å². The molecule has 1 aliphatic rings. The number of rotatable bonds is 6. The van der Waals surface area contributed by atoms with Crippen molar-refractivity contribution in [3.8, 4) is 0 Å². The Morgan fingerprint density at radius 1 is 1.23 bits per heavy atom. The summed E-state index contributed by atoms with van der Waals surface area (Å²) in [5.41, 5.74) is 7.00. The molecule has 0 unspecified atom stereocenters. The molecule has 2 rings (SSSR count). The van der Waals surface area contributed by atoms with Crippen molar-refractivity contribution in [1.29, 1.82) is 0 Å². The third-order valence-corrected chi connectivity index (χ3v) is 4.23. The summed E-state index contributed by atoms with van der Waals surface area (Å²) in [6.45, 7) is 1.53. The average molecular weight is 304 g/mol. The van der Waals surface area contributed by atoms with Crippen molar-refractivity contribution in [3.63, 3.8) is 0 Å². The standard InChI is InChI=1S/C17H24N2O3/c18-16(21)8-7-14-2-1-9-19(11-14)17(22)10-13-3-5-15(12-20)6-4-13/h3-6,14,20H,1-2,7-12H2,(H2,18,21)/t14-/m0/s1. The molecule has 0 aromatic heterocycles. The lowest BCUT2D eigenvalue weighted by molar-refractivity contribution is -0.132. The molecule has 1 saturated heterocycles. The number of benzene rings is 1. The van der Waals surface area contributed by atoms with Gasteiger partial charge >= 0.3 is 0 Å². The summed E-state index contributed by atoms with van der Waals surface area (Å²) >= 11 is 0. The van der Waals surface area contributed by atoms with E-state index in [0.29, 0.717) is 18.8 Å². The van der Waals surface area contributed by atoms with E-state index >= 15 is 0 Å². The summed E-state index contributed by atoms with van der Waals surface area (Å²) in [5.74, 6) is 0.231. The van der Waals surface area contributed by atoms with Crippen LogP contribution >= 0.6 is 0 Å². The first-order valence-corrected chi connectivity index (χ1v) is 7.83. The monoisotopic (exact) mass is 304 g/mol. The van der Waals surface area contributed by atoms with Gasteiger partial charge in [-0.2, -0.15) is 0 Å². The summed E-state index contributed by atoms with van der Waals surface area (Å²) in [6.07, 6.45) is 3.59. The minimum Gasteiger partial charge on any atom is -0.392 e. The molecular weight excluding hydrogens is 280 g/mol. The number of hydrogen-bond acceptors (Lipinski definition) is 3. The number of aliphatic hydroxyl groups excluding tert-OH is 1. The fourth-order valence-electron chi connectivity index (χ4n) is 2.92. The highest BCUT2D eigenvalue weighted by Gasteiger charge is 2.23. The van der Waals surface area contributed by atoms with E-state index in [-0.39, 0.29) is 18.4 Å². The first kappa shape index (κ1) is 16.5. The van der Waals surface area contributed by atoms with Gasteiger partial charge in [0.2, 0.25) is 11.8 Å². The summed E-state index contributed by atoms with van der Waals surface area (Å²) in [7, 11) is 0. The number of nitrogens with zero attached hydrogens (tertiary/aromatic N) is 1. The van der Waals surface area contributed by atoms with E-state index in [0.717, 1.165) is 43.5 Å². The summed E-state index contributed by atoms with van der Waals surface area (Å²) < 4.78 is 0. The molecule has 0 radical (unpaired) electrons. The van der Waals surface area contributed by atoms with Gasteiger partial charge in [-0.05, 0) is 36.3 Å². The lowest BCUT2D eigenvalue weighted by Gasteiger charge is -2.32. The van der Waals surface area contributed by atoms with Crippen molar-refractivity contribution in [2.75, 3.05) is 13.1 Å². The zero-order valence-electron chi connectivity index (χ0n) is 12.8. The number of primary amides is 1. The zero-order chi connectivity index (χ0) is 15.9. The van der Waals surface area contributed by atoms with Crippen LogP contribution in [0.25, 0.3) is 0 Å². The predicted molar refractivity (Wildman–Crippen MR) is 83.8 cm³/mol. The van der Waals surface area contributed by atoms with Crippen LogP contribution in [-0.2, 0) is 22.6 Å². The summed E-state index contributed by atoms with van der Waals surface area (Å²) in [6, 6.07) is 7.46. The Morgan fingerprint density at radius 3 is 2.55 bits per heavy atom. The Labute approximate surface area is 131 Å². The second kappa shape index (κ2) is 7.94. The Bertz CT molecular complexity index is 513. The highest BCUT2D eigenvalue weighted by Crippen LogP contribution is 2.21. The molecular formula is C17H24N2O3. The number of nitrogens with two attached hydrogens (primary N) is 1. The second-order valence-corrected chi connectivity index (χ2v) is 6.00. The Morgan fingerprint density at radius 2 is 1.91 bits per heavy atom. The first-order valence-electron chi connectivity index (χ1n) is 7.83. The van der Waals surface area contributed by atoms with Crippen molar-refractivity contribution < 1.29 is 14.7 Å². The molecule has 5 nitrogen and oxygen atoms in total. The summed E-state index contributed by atoms with van der Waals surface area (Å²) in [5, 5.41) is 9.02. The highest BCUT2D eigenvalue weighted by atomic mass is 16.3. The zero-order valence-corrected chi connectivity index (χ0v) is 12.8. The number of piperidine rings is 1. The smallest absolute Gasteiger partial charge is 0.226 e. The van der Waals surface area contributed by atoms with E-state index in [1.807, 2.05) is 29.2 Å². The van der Waals surface area contributed by atoms with Crippen LogP contribution < -0.4 is 5.73 Å². The van der Waals surface area contributed by atoms with Crippen molar-refractivity contribution >= 4 is 11.8 Å². The molecule has 3 N–H and O–H groups in total. The molecule has 0 bridgehead atoms. The van der Waals surface area contributed by atoms with E-state index in [9.17, 15) is 9.59 Å². The van der Waals surface area contributed by atoms with Gasteiger partial charge in [0.05, 0.1) is 13.0 Å². The van der Waals surface area contributed by atoms with Gasteiger partial charge in [-0.25, -0.2) is 0 Å². The summed E-state index contributed by atoms with van der Waals surface area (Å²) in [4.78, 5) is 25.2. The largest absolute Gasteiger partial charge is 0.392 e. The average Bonchev–Trinajstić information content (AvgIpc) is 2.54. The maximum absolute atomic E-state index is 12.4. The fourth-order valence-corrected chi connectivity index (χ4v) is 2.92. The van der Waals surface area contributed by atoms with Crippen LogP contribution in [0.15, 0.2) is 24.3 Å². The minimum atomic E-state index is -0.271. The number of carbonyl (C=O) groups is 2. The van der Waals surface area contributed by atoms with Crippen LogP contribution in [-0.4, -0.2) is 34.9 Å². The number of hydrogen-bond donors (Lipinski definition) is 2. The highest BCUT2D eigenvalue weighted by molar-refractivity contribution is 5.79. The van der Waals surface area contributed by atoms with E-state index in [2.05, 4.69) is 0 Å². The maximum atomic E-state index is 12.4. The maximum Gasteiger partial charge on any atom is 0.226 e. The van der Waals surface area contributed by atoms with Gasteiger partial charge in [0.1, 0.15) is 0 Å². The normalized spacial score (nSPS) is 18.2. The lowest BCUT2D eigenvalue weighted by atomic mass is 9.93. The van der Waals surface area contributed by atoms with Crippen LogP contribution in [0, 0.1) is 5.92 Å². The van der Waals surface area contributed by atoms with E-state index in [4.69, 9.17) is 10.8 Å². The van der Waals surface area contributed by atoms with Crippen LogP contribution in [0.5, 0.6) is 0 Å². The molecule has 1 aliphatic heterocycles. The van der Waals surface area contributed by atoms with Crippen LogP contribution in [0.4, 0.5) is 0 Å². The van der Waals surface area contributed by atoms with E-state index in [1.165, 1.54) is 0 Å². The third kappa shape index (κ3) is 4.84. The molecule has 1 heterocycles. The molecule has 22 heavy (non-hydrogen) atoms. The topological polar surface area (TPSA) is 83.6 Å². The Kier molecular flexibility index (Phi) is 5.95. The van der Waals surface area contributed by atoms with E-state index in [1.54, 1.807) is 0 Å². The van der Waals surface area contributed by atoms with Gasteiger partial charge in [-0.1, -0.05) is 24.3 Å². The molecule has 0 aliphatic carbocycles. The SMILES string of the molecule is NC(=O)CC[C@@H]1CCCN(C(=O)Cc2ccc(CO)cc2)C1. The number of aliphatic hydroxyl groups is 1. The van der Waals surface area contributed by atoms with Gasteiger partial charge < -0.3 is 15.7 Å². The molecule has 1 atom stereocenters. The Hall–Kier alpha value is -1.88. The van der Waals surface area contributed by atoms with Crippen molar-refractivity contribution in [2.45, 2.75) is 38.7 Å². The van der Waals surface area contributed by atoms with E-state index < -0.39 is 0 Å². The van der Waals surface area contributed by atoms with Crippen molar-refractivity contribution in [1.82, 2.24) is 4.90 Å². The molecule has 1 aromatic carbocycles. The van der Waals surface area contributed by atoms with Gasteiger partial charge in [0, 0.05) is 19.5 Å². The first-order chi connectivity index (χ1) is 10.6. The molecule has 2 amide bonds. The molecule has 5 heteroatoms. The number of carbonyl (C=O) groups excluding carboxylic acids is 2. The second-order valence-electron chi connectivity index (χ2n) is 6.00. The predicted octanol–water partition coefficient (Wildman–Crippen LogP) is 1.23. The van der Waals surface area contributed by atoms with Crippen molar-refractivity contribution in [3.05, 3.63) is 35.4 Å². The number of amides is 2. The lowest BCUT2D eigenvalue weighted by Crippen LogP contribution is -2.40.